The van der Waals surface area contributed by atoms with Gasteiger partial charge in [-0.1, -0.05) is 0 Å². The topological polar surface area (TPSA) is 118 Å². The van der Waals surface area contributed by atoms with E-state index in [1.165, 1.54) is 0 Å². The van der Waals surface area contributed by atoms with Crippen LogP contribution in [-0.2, 0) is 19.4 Å². The van der Waals surface area contributed by atoms with Crippen molar-refractivity contribution in [3.05, 3.63) is 0 Å². The zero-order chi connectivity index (χ0) is 12.6. The summed E-state index contributed by atoms with van der Waals surface area (Å²) in [7, 11) is -3.01. The van der Waals surface area contributed by atoms with Crippen LogP contribution >= 0.6 is 0 Å². The summed E-state index contributed by atoms with van der Waals surface area (Å²) in [6, 6.07) is 0. The molecule has 0 fully saturated rings. The molecule has 0 atom stereocenters. The van der Waals surface area contributed by atoms with Crippen molar-refractivity contribution in [2.45, 2.75) is 6.42 Å². The molecule has 8 heteroatoms. The van der Waals surface area contributed by atoms with E-state index in [9.17, 15) is 18.0 Å². The van der Waals surface area contributed by atoms with Crippen LogP contribution in [0.3, 0.4) is 0 Å². The minimum Gasteiger partial charge on any atom is -0.370 e. The SMILES string of the molecule is CS(=O)(=O)CCNCC(=O)NCCC(N)=O. The molecule has 0 aliphatic rings. The third kappa shape index (κ3) is 10.9. The lowest BCUT2D eigenvalue weighted by atomic mass is 10.4. The van der Waals surface area contributed by atoms with E-state index in [0.29, 0.717) is 0 Å². The lowest BCUT2D eigenvalue weighted by Gasteiger charge is -2.05. The molecule has 0 saturated heterocycles. The van der Waals surface area contributed by atoms with E-state index >= 15 is 0 Å². The molecular weight excluding hydrogens is 234 g/mol. The van der Waals surface area contributed by atoms with Crippen LogP contribution in [0.4, 0.5) is 0 Å². The number of nitrogens with one attached hydrogen (secondary N) is 2. The number of hydrogen-bond donors (Lipinski definition) is 3. The first-order valence-electron chi connectivity index (χ1n) is 4.74. The fraction of sp³-hybridized carbons (Fsp3) is 0.750. The molecule has 0 aliphatic heterocycles. The largest absolute Gasteiger partial charge is 0.370 e. The molecule has 94 valence electrons. The minimum absolute atomic E-state index is 0.0123. The van der Waals surface area contributed by atoms with E-state index in [-0.39, 0.29) is 37.7 Å². The fourth-order valence-corrected chi connectivity index (χ4v) is 1.36. The smallest absolute Gasteiger partial charge is 0.233 e. The lowest BCUT2D eigenvalue weighted by molar-refractivity contribution is -0.120. The van der Waals surface area contributed by atoms with Crippen LogP contribution in [0.25, 0.3) is 0 Å². The van der Waals surface area contributed by atoms with Gasteiger partial charge in [0.15, 0.2) is 0 Å². The second kappa shape index (κ2) is 7.18. The maximum Gasteiger partial charge on any atom is 0.233 e. The summed E-state index contributed by atoms with van der Waals surface area (Å²) < 4.78 is 21.5. The standard InChI is InChI=1S/C8H17N3O4S/c1-16(14,15)5-4-10-6-8(13)11-3-2-7(9)12/h10H,2-6H2,1H3,(H2,9,12)(H,11,13). The summed E-state index contributed by atoms with van der Waals surface area (Å²) in [5.41, 5.74) is 4.88. The quantitative estimate of drug-likeness (QED) is 0.416. The highest BCUT2D eigenvalue weighted by atomic mass is 32.2. The van der Waals surface area contributed by atoms with Gasteiger partial charge in [0.25, 0.3) is 0 Å². The van der Waals surface area contributed by atoms with Gasteiger partial charge in [0, 0.05) is 25.8 Å². The molecule has 0 bridgehead atoms. The number of primary amides is 1. The van der Waals surface area contributed by atoms with E-state index in [4.69, 9.17) is 5.73 Å². The Morgan fingerprint density at radius 2 is 1.88 bits per heavy atom. The molecule has 0 heterocycles. The van der Waals surface area contributed by atoms with Crippen molar-refractivity contribution >= 4 is 21.7 Å². The van der Waals surface area contributed by atoms with Crippen LogP contribution in [0.1, 0.15) is 6.42 Å². The Balaban J connectivity index is 3.48. The van der Waals surface area contributed by atoms with Crippen molar-refractivity contribution in [1.82, 2.24) is 10.6 Å². The molecular formula is C8H17N3O4S. The first kappa shape index (κ1) is 14.8. The molecule has 0 spiro atoms. The minimum atomic E-state index is -3.01. The monoisotopic (exact) mass is 251 g/mol. The van der Waals surface area contributed by atoms with Crippen LogP contribution in [0, 0.1) is 0 Å². The highest BCUT2D eigenvalue weighted by Crippen LogP contribution is 1.79. The summed E-state index contributed by atoms with van der Waals surface area (Å²) in [5, 5.41) is 5.13. The zero-order valence-corrected chi connectivity index (χ0v) is 9.97. The molecule has 0 rings (SSSR count). The second-order valence-corrected chi connectivity index (χ2v) is 5.63. The Morgan fingerprint density at radius 1 is 1.25 bits per heavy atom. The van der Waals surface area contributed by atoms with Gasteiger partial charge in [-0.2, -0.15) is 0 Å². The van der Waals surface area contributed by atoms with Crippen molar-refractivity contribution in [2.75, 3.05) is 31.6 Å². The van der Waals surface area contributed by atoms with Gasteiger partial charge >= 0.3 is 0 Å². The van der Waals surface area contributed by atoms with Crippen LogP contribution in [0.15, 0.2) is 0 Å². The first-order valence-corrected chi connectivity index (χ1v) is 6.81. The van der Waals surface area contributed by atoms with Crippen LogP contribution in [0.2, 0.25) is 0 Å². The number of sulfone groups is 1. The van der Waals surface area contributed by atoms with E-state index < -0.39 is 15.7 Å². The van der Waals surface area contributed by atoms with E-state index in [1.807, 2.05) is 0 Å². The van der Waals surface area contributed by atoms with E-state index in [0.717, 1.165) is 6.26 Å². The second-order valence-electron chi connectivity index (χ2n) is 3.37. The Hall–Kier alpha value is -1.15. The third-order valence-electron chi connectivity index (χ3n) is 1.63. The van der Waals surface area contributed by atoms with Crippen molar-refractivity contribution in [1.29, 1.82) is 0 Å². The molecule has 0 aromatic rings. The van der Waals surface area contributed by atoms with Gasteiger partial charge in [0.05, 0.1) is 12.3 Å². The molecule has 7 nitrogen and oxygen atoms in total. The van der Waals surface area contributed by atoms with Gasteiger partial charge in [-0.15, -0.1) is 0 Å². The average Bonchev–Trinajstić information content (AvgIpc) is 2.10. The molecule has 0 aromatic heterocycles. The summed E-state index contributed by atoms with van der Waals surface area (Å²) in [5.74, 6) is -0.790. The van der Waals surface area contributed by atoms with Crippen molar-refractivity contribution < 1.29 is 18.0 Å². The van der Waals surface area contributed by atoms with Gasteiger partial charge < -0.3 is 16.4 Å². The molecule has 0 unspecified atom stereocenters. The molecule has 0 saturated carbocycles. The maximum atomic E-state index is 11.1. The molecule has 0 aromatic carbocycles. The number of carbonyl (C=O) groups excluding carboxylic acids is 2. The van der Waals surface area contributed by atoms with Gasteiger partial charge in [0.2, 0.25) is 11.8 Å². The Bertz CT molecular complexity index is 339. The third-order valence-corrected chi connectivity index (χ3v) is 2.57. The molecule has 2 amide bonds. The van der Waals surface area contributed by atoms with Crippen molar-refractivity contribution in [3.63, 3.8) is 0 Å². The van der Waals surface area contributed by atoms with Crippen LogP contribution < -0.4 is 16.4 Å². The molecule has 4 N–H and O–H groups in total. The number of nitrogens with two attached hydrogens (primary N) is 1. The van der Waals surface area contributed by atoms with Gasteiger partial charge in [-0.3, -0.25) is 9.59 Å². The van der Waals surface area contributed by atoms with Crippen LogP contribution in [0.5, 0.6) is 0 Å². The number of rotatable bonds is 8. The zero-order valence-electron chi connectivity index (χ0n) is 9.15. The van der Waals surface area contributed by atoms with Crippen LogP contribution in [-0.4, -0.2) is 51.9 Å². The average molecular weight is 251 g/mol. The Morgan fingerprint density at radius 3 is 2.38 bits per heavy atom. The summed E-state index contributed by atoms with van der Waals surface area (Å²) in [4.78, 5) is 21.4. The van der Waals surface area contributed by atoms with E-state index in [2.05, 4.69) is 10.6 Å². The summed E-state index contributed by atoms with van der Waals surface area (Å²) in [6.07, 6.45) is 1.22. The molecule has 0 aliphatic carbocycles. The maximum absolute atomic E-state index is 11.1. The summed E-state index contributed by atoms with van der Waals surface area (Å²) in [6.45, 7) is 0.443. The first-order chi connectivity index (χ1) is 7.31. The predicted octanol–water partition coefficient (Wildman–Crippen LogP) is -2.39. The highest BCUT2D eigenvalue weighted by Gasteiger charge is 2.03. The Labute approximate surface area is 94.7 Å². The van der Waals surface area contributed by atoms with Gasteiger partial charge in [-0.05, 0) is 0 Å². The normalized spacial score (nSPS) is 11.1. The van der Waals surface area contributed by atoms with Crippen molar-refractivity contribution in [3.8, 4) is 0 Å². The number of amides is 2. The lowest BCUT2D eigenvalue weighted by Crippen LogP contribution is -2.37. The van der Waals surface area contributed by atoms with Gasteiger partial charge in [-0.25, -0.2) is 8.42 Å². The number of hydrogen-bond acceptors (Lipinski definition) is 5. The predicted molar refractivity (Wildman–Crippen MR) is 59.4 cm³/mol. The fourth-order valence-electron chi connectivity index (χ4n) is 0.847. The number of carbonyl (C=O) groups is 2. The van der Waals surface area contributed by atoms with Gasteiger partial charge in [0.1, 0.15) is 9.84 Å². The summed E-state index contributed by atoms with van der Waals surface area (Å²) >= 11 is 0. The Kier molecular flexibility index (Phi) is 6.66. The van der Waals surface area contributed by atoms with E-state index in [1.54, 1.807) is 0 Å². The van der Waals surface area contributed by atoms with Crippen molar-refractivity contribution in [2.24, 2.45) is 5.73 Å². The highest BCUT2D eigenvalue weighted by molar-refractivity contribution is 7.90. The molecule has 16 heavy (non-hydrogen) atoms. The molecule has 0 radical (unpaired) electrons.